The highest BCUT2D eigenvalue weighted by atomic mass is 19.3. The number of ether oxygens (including phenoxy) is 1. The first-order chi connectivity index (χ1) is 8.49. The molecule has 0 aliphatic heterocycles. The van der Waals surface area contributed by atoms with Crippen LogP contribution in [0.25, 0.3) is 0 Å². The summed E-state index contributed by atoms with van der Waals surface area (Å²) in [7, 11) is 1.80. The molecule has 102 valence electrons. The molecule has 2 N–H and O–H groups in total. The average molecular weight is 259 g/mol. The van der Waals surface area contributed by atoms with Crippen LogP contribution in [0, 0.1) is 0 Å². The molecule has 0 saturated heterocycles. The number of likely N-dealkylation sites (N-methyl/N-ethyl adjacent to an activating group) is 1. The molecule has 0 radical (unpaired) electrons. The van der Waals surface area contributed by atoms with Crippen LogP contribution in [-0.2, 0) is 6.42 Å². The van der Waals surface area contributed by atoms with Crippen LogP contribution in [0.2, 0.25) is 0 Å². The number of nitrogens with one attached hydrogen (secondary N) is 1. The Morgan fingerprint density at radius 1 is 1.33 bits per heavy atom. The Labute approximate surface area is 106 Å². The molecule has 0 heterocycles. The van der Waals surface area contributed by atoms with Crippen LogP contribution < -0.4 is 10.1 Å². The maximum Gasteiger partial charge on any atom is 0.387 e. The van der Waals surface area contributed by atoms with E-state index in [0.717, 1.165) is 18.4 Å². The van der Waals surface area contributed by atoms with E-state index in [2.05, 4.69) is 10.1 Å². The Balaban J connectivity index is 2.53. The predicted molar refractivity (Wildman–Crippen MR) is 65.9 cm³/mol. The number of hydrogen-bond acceptors (Lipinski definition) is 3. The summed E-state index contributed by atoms with van der Waals surface area (Å²) in [5.74, 6) is 0.160. The van der Waals surface area contributed by atoms with Crippen molar-refractivity contribution in [1.29, 1.82) is 0 Å². The summed E-state index contributed by atoms with van der Waals surface area (Å²) >= 11 is 0. The van der Waals surface area contributed by atoms with E-state index in [-0.39, 0.29) is 17.9 Å². The van der Waals surface area contributed by atoms with Gasteiger partial charge in [-0.25, -0.2) is 0 Å². The molecule has 1 atom stereocenters. The monoisotopic (exact) mass is 259 g/mol. The maximum atomic E-state index is 12.0. The van der Waals surface area contributed by atoms with Crippen LogP contribution >= 0.6 is 0 Å². The molecule has 5 heteroatoms. The Morgan fingerprint density at radius 3 is 2.39 bits per heavy atom. The highest BCUT2D eigenvalue weighted by Gasteiger charge is 2.20. The van der Waals surface area contributed by atoms with Gasteiger partial charge in [0.2, 0.25) is 0 Å². The van der Waals surface area contributed by atoms with Crippen LogP contribution in [0.3, 0.4) is 0 Å². The molecule has 1 rings (SSSR count). The third kappa shape index (κ3) is 4.58. The highest BCUT2D eigenvalue weighted by Crippen LogP contribution is 2.18. The first-order valence-corrected chi connectivity index (χ1v) is 5.82. The van der Waals surface area contributed by atoms with E-state index in [1.165, 1.54) is 12.1 Å². The fraction of sp³-hybridized carbons (Fsp3) is 0.538. The average Bonchev–Trinajstić information content (AvgIpc) is 2.37. The highest BCUT2D eigenvalue weighted by molar-refractivity contribution is 5.27. The lowest BCUT2D eigenvalue weighted by molar-refractivity contribution is -0.0498. The molecule has 1 unspecified atom stereocenters. The van der Waals surface area contributed by atoms with Gasteiger partial charge in [-0.2, -0.15) is 8.78 Å². The SMILES string of the molecule is CNC(C)(CO)CCc1ccc(OC(F)F)cc1. The maximum absolute atomic E-state index is 12.0. The number of alkyl halides is 2. The summed E-state index contributed by atoms with van der Waals surface area (Å²) in [4.78, 5) is 0. The Hall–Kier alpha value is -1.20. The molecule has 0 spiro atoms. The molecule has 18 heavy (non-hydrogen) atoms. The van der Waals surface area contributed by atoms with Crippen LogP contribution in [0.1, 0.15) is 18.9 Å². The molecular weight excluding hydrogens is 240 g/mol. The molecule has 1 aromatic rings. The molecule has 0 bridgehead atoms. The Kier molecular flexibility index (Phi) is 5.50. The zero-order valence-corrected chi connectivity index (χ0v) is 10.6. The van der Waals surface area contributed by atoms with E-state index in [1.54, 1.807) is 19.2 Å². The molecule has 0 amide bonds. The number of aliphatic hydroxyl groups excluding tert-OH is 1. The van der Waals surface area contributed by atoms with Gasteiger partial charge in [-0.3, -0.25) is 0 Å². The summed E-state index contributed by atoms with van der Waals surface area (Å²) in [6.45, 7) is -0.810. The van der Waals surface area contributed by atoms with Gasteiger partial charge in [0.05, 0.1) is 6.61 Å². The summed E-state index contributed by atoms with van der Waals surface area (Å²) in [6.07, 6.45) is 1.52. The normalized spacial score (nSPS) is 14.6. The summed E-state index contributed by atoms with van der Waals surface area (Å²) < 4.78 is 28.2. The van der Waals surface area contributed by atoms with Crippen molar-refractivity contribution in [2.45, 2.75) is 31.9 Å². The minimum atomic E-state index is -2.79. The fourth-order valence-corrected chi connectivity index (χ4v) is 1.54. The number of benzene rings is 1. The lowest BCUT2D eigenvalue weighted by Gasteiger charge is -2.26. The number of aliphatic hydroxyl groups is 1. The van der Waals surface area contributed by atoms with Gasteiger partial charge in [0.1, 0.15) is 5.75 Å². The minimum absolute atomic E-state index is 0.0517. The number of rotatable bonds is 7. The minimum Gasteiger partial charge on any atom is -0.435 e. The van der Waals surface area contributed by atoms with Crippen molar-refractivity contribution in [1.82, 2.24) is 5.32 Å². The Bertz CT molecular complexity index is 351. The van der Waals surface area contributed by atoms with Gasteiger partial charge < -0.3 is 15.2 Å². The van der Waals surface area contributed by atoms with Gasteiger partial charge in [0.25, 0.3) is 0 Å². The van der Waals surface area contributed by atoms with E-state index in [9.17, 15) is 13.9 Å². The van der Waals surface area contributed by atoms with Gasteiger partial charge in [-0.05, 0) is 44.5 Å². The van der Waals surface area contributed by atoms with Gasteiger partial charge in [-0.1, -0.05) is 12.1 Å². The first kappa shape index (κ1) is 14.9. The van der Waals surface area contributed by atoms with Crippen molar-refractivity contribution < 1.29 is 18.6 Å². The molecule has 1 aromatic carbocycles. The van der Waals surface area contributed by atoms with E-state index in [4.69, 9.17) is 0 Å². The van der Waals surface area contributed by atoms with E-state index in [0.29, 0.717) is 0 Å². The second-order valence-electron chi connectivity index (χ2n) is 4.49. The predicted octanol–water partition coefficient (Wildman–Crippen LogP) is 2.19. The molecule has 0 aliphatic rings. The Morgan fingerprint density at radius 2 is 1.94 bits per heavy atom. The van der Waals surface area contributed by atoms with E-state index >= 15 is 0 Å². The molecule has 0 aliphatic carbocycles. The van der Waals surface area contributed by atoms with Gasteiger partial charge >= 0.3 is 6.61 Å². The molecule has 0 aromatic heterocycles. The molecule has 3 nitrogen and oxygen atoms in total. The number of halogens is 2. The van der Waals surface area contributed by atoms with Crippen molar-refractivity contribution in [3.63, 3.8) is 0 Å². The van der Waals surface area contributed by atoms with Gasteiger partial charge in [-0.15, -0.1) is 0 Å². The fourth-order valence-electron chi connectivity index (χ4n) is 1.54. The quantitative estimate of drug-likeness (QED) is 0.788. The van der Waals surface area contributed by atoms with E-state index < -0.39 is 6.61 Å². The zero-order chi connectivity index (χ0) is 13.6. The van der Waals surface area contributed by atoms with Gasteiger partial charge in [0.15, 0.2) is 0 Å². The number of hydrogen-bond donors (Lipinski definition) is 2. The van der Waals surface area contributed by atoms with Crippen molar-refractivity contribution in [3.05, 3.63) is 29.8 Å². The summed E-state index contributed by atoms with van der Waals surface area (Å²) in [5, 5.41) is 12.3. The largest absolute Gasteiger partial charge is 0.435 e. The zero-order valence-electron chi connectivity index (χ0n) is 10.6. The third-order valence-corrected chi connectivity index (χ3v) is 3.07. The summed E-state index contributed by atoms with van der Waals surface area (Å²) in [6, 6.07) is 6.56. The van der Waals surface area contributed by atoms with Crippen LogP contribution in [0.5, 0.6) is 5.75 Å². The second-order valence-corrected chi connectivity index (χ2v) is 4.49. The summed E-state index contributed by atoms with van der Waals surface area (Å²) in [5.41, 5.74) is 0.699. The lowest BCUT2D eigenvalue weighted by Crippen LogP contribution is -2.43. The van der Waals surface area contributed by atoms with Crippen LogP contribution in [-0.4, -0.2) is 30.9 Å². The van der Waals surface area contributed by atoms with Gasteiger partial charge in [0, 0.05) is 5.54 Å². The molecular formula is C13H19F2NO2. The standard InChI is InChI=1S/C13H19F2NO2/c1-13(9-17,16-2)8-7-10-3-5-11(6-4-10)18-12(14)15/h3-6,12,16-17H,7-9H2,1-2H3. The second kappa shape index (κ2) is 6.66. The lowest BCUT2D eigenvalue weighted by atomic mass is 9.94. The van der Waals surface area contributed by atoms with Crippen molar-refractivity contribution in [2.24, 2.45) is 0 Å². The molecule has 0 fully saturated rings. The van der Waals surface area contributed by atoms with Crippen molar-refractivity contribution >= 4 is 0 Å². The van der Waals surface area contributed by atoms with Crippen molar-refractivity contribution in [2.75, 3.05) is 13.7 Å². The smallest absolute Gasteiger partial charge is 0.387 e. The van der Waals surface area contributed by atoms with Crippen LogP contribution in [0.4, 0.5) is 8.78 Å². The molecule has 0 saturated carbocycles. The van der Waals surface area contributed by atoms with Crippen molar-refractivity contribution in [3.8, 4) is 5.75 Å². The number of aryl methyl sites for hydroxylation is 1. The topological polar surface area (TPSA) is 41.5 Å². The third-order valence-electron chi connectivity index (χ3n) is 3.07. The van der Waals surface area contributed by atoms with E-state index in [1.807, 2.05) is 6.92 Å². The first-order valence-electron chi connectivity index (χ1n) is 5.82. The van der Waals surface area contributed by atoms with Crippen LogP contribution in [0.15, 0.2) is 24.3 Å².